The highest BCUT2D eigenvalue weighted by molar-refractivity contribution is 5.41. The zero-order chi connectivity index (χ0) is 12.0. The van der Waals surface area contributed by atoms with Crippen LogP contribution in [0.5, 0.6) is 5.75 Å². The molecule has 1 rings (SSSR count). The van der Waals surface area contributed by atoms with Gasteiger partial charge in [0.2, 0.25) is 0 Å². The van der Waals surface area contributed by atoms with Crippen molar-refractivity contribution >= 4 is 0 Å². The lowest BCUT2D eigenvalue weighted by Gasteiger charge is -2.16. The summed E-state index contributed by atoms with van der Waals surface area (Å²) in [5.74, 6) is 1.03. The van der Waals surface area contributed by atoms with E-state index in [0.29, 0.717) is 0 Å². The summed E-state index contributed by atoms with van der Waals surface area (Å²) >= 11 is 0. The van der Waals surface area contributed by atoms with Crippen LogP contribution in [0, 0.1) is 0 Å². The molecule has 0 aliphatic rings. The highest BCUT2D eigenvalue weighted by Crippen LogP contribution is 2.24. The molecule has 3 heteroatoms. The Labute approximate surface area is 98.4 Å². The number of hydrogen-bond donors (Lipinski definition) is 1. The smallest absolute Gasteiger partial charge is 0.126 e. The zero-order valence-electron chi connectivity index (χ0n) is 10.7. The van der Waals surface area contributed by atoms with E-state index in [4.69, 9.17) is 4.74 Å². The number of hydrogen-bond acceptors (Lipinski definition) is 3. The van der Waals surface area contributed by atoms with Crippen molar-refractivity contribution in [3.05, 3.63) is 29.3 Å². The number of methoxy groups -OCH3 is 1. The fourth-order valence-electron chi connectivity index (χ4n) is 1.82. The molecule has 0 unspecified atom stereocenters. The summed E-state index contributed by atoms with van der Waals surface area (Å²) in [5.41, 5.74) is 2.53. The van der Waals surface area contributed by atoms with Crippen molar-refractivity contribution < 1.29 is 4.74 Å². The van der Waals surface area contributed by atoms with Crippen molar-refractivity contribution in [2.24, 2.45) is 0 Å². The SMILES string of the molecule is CNCCc1cccc(CN(C)C)c1OC. The highest BCUT2D eigenvalue weighted by Gasteiger charge is 2.08. The lowest BCUT2D eigenvalue weighted by atomic mass is 10.1. The molecule has 0 aromatic heterocycles. The van der Waals surface area contributed by atoms with Crippen molar-refractivity contribution in [2.75, 3.05) is 34.8 Å². The maximum absolute atomic E-state index is 5.52. The molecule has 0 saturated carbocycles. The maximum atomic E-state index is 5.52. The minimum absolute atomic E-state index is 0.913. The van der Waals surface area contributed by atoms with Gasteiger partial charge in [-0.3, -0.25) is 0 Å². The third-order valence-electron chi connectivity index (χ3n) is 2.51. The molecule has 1 N–H and O–H groups in total. The molecule has 1 aromatic carbocycles. The monoisotopic (exact) mass is 222 g/mol. The number of ether oxygens (including phenoxy) is 1. The summed E-state index contributed by atoms with van der Waals surface area (Å²) in [6.45, 7) is 1.89. The number of rotatable bonds is 6. The van der Waals surface area contributed by atoms with Crippen molar-refractivity contribution in [3.8, 4) is 5.75 Å². The first-order valence-electron chi connectivity index (χ1n) is 5.63. The molecule has 0 aliphatic heterocycles. The van der Waals surface area contributed by atoms with Gasteiger partial charge in [0, 0.05) is 12.1 Å². The van der Waals surface area contributed by atoms with E-state index in [-0.39, 0.29) is 0 Å². The van der Waals surface area contributed by atoms with E-state index < -0.39 is 0 Å². The Kier molecular flexibility index (Phi) is 5.29. The van der Waals surface area contributed by atoms with Gasteiger partial charge in [-0.05, 0) is 39.7 Å². The second-order valence-corrected chi connectivity index (χ2v) is 4.20. The van der Waals surface area contributed by atoms with Gasteiger partial charge in [0.1, 0.15) is 5.75 Å². The summed E-state index contributed by atoms with van der Waals surface area (Å²) in [5, 5.41) is 3.16. The summed E-state index contributed by atoms with van der Waals surface area (Å²) < 4.78 is 5.52. The molecule has 0 amide bonds. The van der Waals surface area contributed by atoms with Gasteiger partial charge in [0.25, 0.3) is 0 Å². The van der Waals surface area contributed by atoms with E-state index in [1.807, 2.05) is 7.05 Å². The number of likely N-dealkylation sites (N-methyl/N-ethyl adjacent to an activating group) is 1. The number of benzene rings is 1. The quantitative estimate of drug-likeness (QED) is 0.790. The molecule has 1 aromatic rings. The van der Waals surface area contributed by atoms with E-state index >= 15 is 0 Å². The number of nitrogens with one attached hydrogen (secondary N) is 1. The second kappa shape index (κ2) is 6.51. The van der Waals surface area contributed by atoms with Gasteiger partial charge in [-0.15, -0.1) is 0 Å². The van der Waals surface area contributed by atoms with Crippen LogP contribution in [0.2, 0.25) is 0 Å². The molecule has 0 aliphatic carbocycles. The Morgan fingerprint density at radius 1 is 1.25 bits per heavy atom. The summed E-state index contributed by atoms with van der Waals surface area (Å²) in [4.78, 5) is 2.15. The van der Waals surface area contributed by atoms with E-state index in [1.54, 1.807) is 7.11 Å². The van der Waals surface area contributed by atoms with Crippen molar-refractivity contribution in [2.45, 2.75) is 13.0 Å². The van der Waals surface area contributed by atoms with Gasteiger partial charge in [-0.1, -0.05) is 18.2 Å². The van der Waals surface area contributed by atoms with Crippen molar-refractivity contribution in [3.63, 3.8) is 0 Å². The summed E-state index contributed by atoms with van der Waals surface area (Å²) in [7, 11) is 7.85. The molecule has 0 saturated heterocycles. The summed E-state index contributed by atoms with van der Waals surface area (Å²) in [6, 6.07) is 6.36. The molecule has 0 heterocycles. The largest absolute Gasteiger partial charge is 0.496 e. The molecule has 0 radical (unpaired) electrons. The molecule has 0 atom stereocenters. The molecule has 90 valence electrons. The first-order valence-corrected chi connectivity index (χ1v) is 5.63. The third kappa shape index (κ3) is 3.51. The average Bonchev–Trinajstić information content (AvgIpc) is 2.25. The molecule has 3 nitrogen and oxygen atoms in total. The Balaban J connectivity index is 2.91. The van der Waals surface area contributed by atoms with Crippen molar-refractivity contribution in [1.82, 2.24) is 10.2 Å². The van der Waals surface area contributed by atoms with Crippen LogP contribution in [0.4, 0.5) is 0 Å². The van der Waals surface area contributed by atoms with Crippen LogP contribution in [-0.4, -0.2) is 39.7 Å². The molecule has 0 bridgehead atoms. The Bertz CT molecular complexity index is 324. The molecular formula is C13H22N2O. The fourth-order valence-corrected chi connectivity index (χ4v) is 1.82. The summed E-state index contributed by atoms with van der Waals surface area (Å²) in [6.07, 6.45) is 1.00. The predicted molar refractivity (Wildman–Crippen MR) is 68.0 cm³/mol. The van der Waals surface area contributed by atoms with Gasteiger partial charge < -0.3 is 15.0 Å². The van der Waals surface area contributed by atoms with E-state index in [1.165, 1.54) is 11.1 Å². The lowest BCUT2D eigenvalue weighted by Crippen LogP contribution is -2.14. The van der Waals surface area contributed by atoms with Crippen LogP contribution in [0.3, 0.4) is 0 Å². The Morgan fingerprint density at radius 3 is 2.50 bits per heavy atom. The van der Waals surface area contributed by atoms with E-state index in [9.17, 15) is 0 Å². The standard InChI is InChI=1S/C13H22N2O/c1-14-9-8-11-6-5-7-12(10-15(2)3)13(11)16-4/h5-7,14H,8-10H2,1-4H3. The van der Waals surface area contributed by atoms with Gasteiger partial charge >= 0.3 is 0 Å². The van der Waals surface area contributed by atoms with Gasteiger partial charge in [-0.25, -0.2) is 0 Å². The Morgan fingerprint density at radius 2 is 1.94 bits per heavy atom. The maximum Gasteiger partial charge on any atom is 0.126 e. The minimum Gasteiger partial charge on any atom is -0.496 e. The van der Waals surface area contributed by atoms with E-state index in [0.717, 1.165) is 25.3 Å². The van der Waals surface area contributed by atoms with Gasteiger partial charge in [0.15, 0.2) is 0 Å². The molecule has 0 spiro atoms. The lowest BCUT2D eigenvalue weighted by molar-refractivity contribution is 0.369. The first kappa shape index (κ1) is 13.0. The van der Waals surface area contributed by atoms with Crippen LogP contribution >= 0.6 is 0 Å². The van der Waals surface area contributed by atoms with E-state index in [2.05, 4.69) is 42.5 Å². The number of para-hydroxylation sites is 1. The third-order valence-corrected chi connectivity index (χ3v) is 2.51. The van der Waals surface area contributed by atoms with Crippen LogP contribution in [0.15, 0.2) is 18.2 Å². The van der Waals surface area contributed by atoms with Crippen LogP contribution < -0.4 is 10.1 Å². The minimum atomic E-state index is 0.913. The Hall–Kier alpha value is -1.06. The predicted octanol–water partition coefficient (Wildman–Crippen LogP) is 1.52. The molecular weight excluding hydrogens is 200 g/mol. The normalized spacial score (nSPS) is 10.8. The molecule has 0 fully saturated rings. The first-order chi connectivity index (χ1) is 7.69. The van der Waals surface area contributed by atoms with Crippen LogP contribution in [0.25, 0.3) is 0 Å². The highest BCUT2D eigenvalue weighted by atomic mass is 16.5. The molecule has 16 heavy (non-hydrogen) atoms. The fraction of sp³-hybridized carbons (Fsp3) is 0.538. The van der Waals surface area contributed by atoms with Crippen LogP contribution in [-0.2, 0) is 13.0 Å². The van der Waals surface area contributed by atoms with Crippen LogP contribution in [0.1, 0.15) is 11.1 Å². The zero-order valence-corrected chi connectivity index (χ0v) is 10.7. The van der Waals surface area contributed by atoms with Crippen molar-refractivity contribution in [1.29, 1.82) is 0 Å². The second-order valence-electron chi connectivity index (χ2n) is 4.20. The topological polar surface area (TPSA) is 24.5 Å². The average molecular weight is 222 g/mol. The number of nitrogens with zero attached hydrogens (tertiary/aromatic N) is 1. The van der Waals surface area contributed by atoms with Gasteiger partial charge in [-0.2, -0.15) is 0 Å². The van der Waals surface area contributed by atoms with Gasteiger partial charge in [0.05, 0.1) is 7.11 Å².